The van der Waals surface area contributed by atoms with Crippen LogP contribution in [0.5, 0.6) is 0 Å². The van der Waals surface area contributed by atoms with Gasteiger partial charge in [0.15, 0.2) is 0 Å². The minimum absolute atomic E-state index is 0.0771. The number of carbonyl (C=O) groups is 1. The zero-order chi connectivity index (χ0) is 19.7. The molecule has 1 amide bonds. The van der Waals surface area contributed by atoms with Gasteiger partial charge in [-0.15, -0.1) is 0 Å². The summed E-state index contributed by atoms with van der Waals surface area (Å²) in [7, 11) is 0. The lowest BCUT2D eigenvalue weighted by Gasteiger charge is -2.18. The Hall–Kier alpha value is -2.30. The molecule has 1 N–H and O–H groups in total. The Labute approximate surface area is 174 Å². The first-order valence-corrected chi connectivity index (χ1v) is 10.1. The Morgan fingerprint density at radius 2 is 2.07 bits per heavy atom. The van der Waals surface area contributed by atoms with Gasteiger partial charge >= 0.3 is 0 Å². The van der Waals surface area contributed by atoms with Crippen LogP contribution in [-0.4, -0.2) is 29.7 Å². The number of hydrogen-bond donors (Lipinski definition) is 1. The number of carbonyl (C=O) groups excluding carboxylic acids is 1. The number of benzene rings is 2. The SMILES string of the molecule is CC(=NCCc1c[nH]c2ccc(Cl)cc12)C1CCN(c2ccccc2Cl)C1=O. The first-order chi connectivity index (χ1) is 13.5. The molecule has 0 bridgehead atoms. The second kappa shape index (κ2) is 7.98. The van der Waals surface area contributed by atoms with Gasteiger partial charge in [0.25, 0.3) is 0 Å². The number of aromatic amines is 1. The molecule has 1 unspecified atom stereocenters. The van der Waals surface area contributed by atoms with E-state index in [1.165, 1.54) is 5.56 Å². The lowest BCUT2D eigenvalue weighted by molar-refractivity contribution is -0.118. The quantitative estimate of drug-likeness (QED) is 0.549. The predicted molar refractivity (Wildman–Crippen MR) is 117 cm³/mol. The first-order valence-electron chi connectivity index (χ1n) is 9.37. The van der Waals surface area contributed by atoms with Crippen molar-refractivity contribution in [3.63, 3.8) is 0 Å². The number of aliphatic imine (C=N–C) groups is 1. The summed E-state index contributed by atoms with van der Waals surface area (Å²) in [5.41, 5.74) is 3.92. The number of fused-ring (bicyclic) bond motifs is 1. The molecule has 144 valence electrons. The monoisotopic (exact) mass is 413 g/mol. The Balaban J connectivity index is 1.43. The van der Waals surface area contributed by atoms with E-state index >= 15 is 0 Å². The maximum Gasteiger partial charge on any atom is 0.235 e. The summed E-state index contributed by atoms with van der Waals surface area (Å²) < 4.78 is 0. The highest BCUT2D eigenvalue weighted by Crippen LogP contribution is 2.31. The Bertz CT molecular complexity index is 1060. The summed E-state index contributed by atoms with van der Waals surface area (Å²) >= 11 is 12.4. The van der Waals surface area contributed by atoms with Crippen LogP contribution in [0.25, 0.3) is 10.9 Å². The van der Waals surface area contributed by atoms with Crippen LogP contribution in [0.2, 0.25) is 10.0 Å². The van der Waals surface area contributed by atoms with Crippen molar-refractivity contribution in [2.45, 2.75) is 19.8 Å². The Morgan fingerprint density at radius 1 is 1.25 bits per heavy atom. The van der Waals surface area contributed by atoms with E-state index in [2.05, 4.69) is 4.98 Å². The van der Waals surface area contributed by atoms with E-state index in [0.717, 1.165) is 40.2 Å². The fourth-order valence-electron chi connectivity index (χ4n) is 3.80. The molecule has 0 spiro atoms. The number of nitrogens with zero attached hydrogens (tertiary/aromatic N) is 2. The van der Waals surface area contributed by atoms with Gasteiger partial charge in [-0.25, -0.2) is 0 Å². The summed E-state index contributed by atoms with van der Waals surface area (Å²) in [6.45, 7) is 3.26. The van der Waals surface area contributed by atoms with Crippen LogP contribution in [0.1, 0.15) is 18.9 Å². The second-order valence-corrected chi connectivity index (χ2v) is 7.90. The van der Waals surface area contributed by atoms with E-state index in [-0.39, 0.29) is 11.8 Å². The third-order valence-electron chi connectivity index (χ3n) is 5.32. The molecule has 1 atom stereocenters. The topological polar surface area (TPSA) is 48.5 Å². The summed E-state index contributed by atoms with van der Waals surface area (Å²) in [4.78, 5) is 22.6. The highest BCUT2D eigenvalue weighted by atomic mass is 35.5. The van der Waals surface area contributed by atoms with Crippen LogP contribution in [-0.2, 0) is 11.2 Å². The second-order valence-electron chi connectivity index (χ2n) is 7.06. The van der Waals surface area contributed by atoms with Gasteiger partial charge in [-0.1, -0.05) is 35.3 Å². The standard InChI is InChI=1S/C22H21Cl2N3O/c1-14(17-9-11-27(22(17)28)21-5-3-2-4-19(21)24)25-10-8-15-13-26-20-7-6-16(23)12-18(15)20/h2-7,12-13,17,26H,8-11H2,1H3. The van der Waals surface area contributed by atoms with E-state index in [0.29, 0.717) is 18.1 Å². The molecule has 0 radical (unpaired) electrons. The number of para-hydroxylation sites is 1. The maximum atomic E-state index is 12.9. The molecule has 2 heterocycles. The number of anilines is 1. The average Bonchev–Trinajstić information content (AvgIpc) is 3.25. The fraction of sp³-hybridized carbons (Fsp3) is 0.273. The van der Waals surface area contributed by atoms with E-state index in [1.54, 1.807) is 4.90 Å². The van der Waals surface area contributed by atoms with Crippen LogP contribution in [0.15, 0.2) is 53.7 Å². The molecule has 1 aliphatic heterocycles. The normalized spacial score (nSPS) is 17.7. The number of H-pyrrole nitrogens is 1. The van der Waals surface area contributed by atoms with Gasteiger partial charge in [0.2, 0.25) is 5.91 Å². The maximum absolute atomic E-state index is 12.9. The zero-order valence-electron chi connectivity index (χ0n) is 15.6. The molecule has 0 aliphatic carbocycles. The van der Waals surface area contributed by atoms with Crippen LogP contribution < -0.4 is 4.90 Å². The number of amides is 1. The van der Waals surface area contributed by atoms with Crippen molar-refractivity contribution < 1.29 is 4.79 Å². The van der Waals surface area contributed by atoms with Gasteiger partial charge < -0.3 is 9.88 Å². The molecule has 4 nitrogen and oxygen atoms in total. The van der Waals surface area contributed by atoms with Crippen molar-refractivity contribution in [3.05, 3.63) is 64.3 Å². The minimum Gasteiger partial charge on any atom is -0.361 e. The highest BCUT2D eigenvalue weighted by molar-refractivity contribution is 6.34. The van der Waals surface area contributed by atoms with E-state index < -0.39 is 0 Å². The van der Waals surface area contributed by atoms with Crippen molar-refractivity contribution in [2.24, 2.45) is 10.9 Å². The zero-order valence-corrected chi connectivity index (χ0v) is 17.1. The highest BCUT2D eigenvalue weighted by Gasteiger charge is 2.35. The van der Waals surface area contributed by atoms with Crippen molar-refractivity contribution in [1.82, 2.24) is 4.98 Å². The molecule has 1 fully saturated rings. The van der Waals surface area contributed by atoms with Crippen LogP contribution in [0.3, 0.4) is 0 Å². The van der Waals surface area contributed by atoms with Crippen LogP contribution >= 0.6 is 23.2 Å². The Kier molecular flexibility index (Phi) is 5.42. The molecule has 0 saturated carbocycles. The molecule has 4 rings (SSSR count). The van der Waals surface area contributed by atoms with E-state index in [1.807, 2.05) is 55.6 Å². The minimum atomic E-state index is -0.173. The third-order valence-corrected chi connectivity index (χ3v) is 5.88. The molecule has 6 heteroatoms. The van der Waals surface area contributed by atoms with Crippen LogP contribution in [0.4, 0.5) is 5.69 Å². The smallest absolute Gasteiger partial charge is 0.235 e. The number of halogens is 2. The van der Waals surface area contributed by atoms with Crippen molar-refractivity contribution >= 4 is 51.4 Å². The molecule has 3 aromatic rings. The number of hydrogen-bond acceptors (Lipinski definition) is 2. The van der Waals surface area contributed by atoms with Gasteiger partial charge in [0.05, 0.1) is 16.6 Å². The van der Waals surface area contributed by atoms with Gasteiger partial charge in [0, 0.05) is 40.9 Å². The number of rotatable bonds is 5. The van der Waals surface area contributed by atoms with E-state index in [9.17, 15) is 4.79 Å². The lowest BCUT2D eigenvalue weighted by atomic mass is 10.0. The number of aromatic nitrogens is 1. The molecule has 28 heavy (non-hydrogen) atoms. The third kappa shape index (κ3) is 3.67. The summed E-state index contributed by atoms with van der Waals surface area (Å²) in [5, 5.41) is 2.45. The first kappa shape index (κ1) is 19.0. The van der Waals surface area contributed by atoms with Crippen molar-refractivity contribution in [2.75, 3.05) is 18.0 Å². The molecule has 2 aromatic carbocycles. The molecule has 1 aliphatic rings. The largest absolute Gasteiger partial charge is 0.361 e. The lowest BCUT2D eigenvalue weighted by Crippen LogP contribution is -2.29. The summed E-state index contributed by atoms with van der Waals surface area (Å²) in [5.74, 6) is -0.0955. The molecule has 1 saturated heterocycles. The number of nitrogens with one attached hydrogen (secondary N) is 1. The molecular formula is C22H21Cl2N3O. The summed E-state index contributed by atoms with van der Waals surface area (Å²) in [6, 6.07) is 13.3. The van der Waals surface area contributed by atoms with Gasteiger partial charge in [-0.3, -0.25) is 9.79 Å². The molecular weight excluding hydrogens is 393 g/mol. The van der Waals surface area contributed by atoms with E-state index in [4.69, 9.17) is 28.2 Å². The van der Waals surface area contributed by atoms with Crippen molar-refractivity contribution in [3.8, 4) is 0 Å². The summed E-state index contributed by atoms with van der Waals surface area (Å²) in [6.07, 6.45) is 3.57. The average molecular weight is 414 g/mol. The van der Waals surface area contributed by atoms with Crippen molar-refractivity contribution in [1.29, 1.82) is 0 Å². The fourth-order valence-corrected chi connectivity index (χ4v) is 4.21. The Morgan fingerprint density at radius 3 is 2.89 bits per heavy atom. The molecule has 1 aromatic heterocycles. The van der Waals surface area contributed by atoms with Gasteiger partial charge in [-0.05, 0) is 55.7 Å². The van der Waals surface area contributed by atoms with Crippen LogP contribution in [0, 0.1) is 5.92 Å². The van der Waals surface area contributed by atoms with Gasteiger partial charge in [0.1, 0.15) is 0 Å². The van der Waals surface area contributed by atoms with Gasteiger partial charge in [-0.2, -0.15) is 0 Å². The predicted octanol–water partition coefficient (Wildman–Crippen LogP) is 5.53.